The fourth-order valence-corrected chi connectivity index (χ4v) is 9.02. The Kier molecular flexibility index (Phi) is 11.9. The minimum absolute atomic E-state index is 0.324. The van der Waals surface area contributed by atoms with E-state index in [1.807, 2.05) is 24.3 Å². The van der Waals surface area contributed by atoms with Gasteiger partial charge in [0, 0.05) is 36.6 Å². The summed E-state index contributed by atoms with van der Waals surface area (Å²) < 4.78 is 26.2. The third kappa shape index (κ3) is 7.83. The van der Waals surface area contributed by atoms with Crippen LogP contribution in [-0.4, -0.2) is 30.6 Å². The number of rotatable bonds is 7. The molecule has 0 amide bonds. The van der Waals surface area contributed by atoms with Crippen LogP contribution in [0.1, 0.15) is 55.8 Å². The summed E-state index contributed by atoms with van der Waals surface area (Å²) in [5.41, 5.74) is 16.5. The molecule has 1 N–H and O–H groups in total. The number of aromatic nitrogens is 2. The van der Waals surface area contributed by atoms with E-state index in [1.54, 1.807) is 0 Å². The Balaban J connectivity index is 0.00000246. The zero-order chi connectivity index (χ0) is 42.1. The second-order valence-electron chi connectivity index (χ2n) is 14.9. The SMILES string of the molecule is COP(=O)(OC)c1[nH]c2cc1C(c1ccc(C)cc1)=C1C=CC(=N1)C(c1ccc(C)cc1)=c1ccc([n-]1)=C(c1ccc(C)cc1)C1=NC(=C2c2ccc(C)cc2)C=C1.[Cl][Zn+]. The number of allylic oxidation sites excluding steroid dienone is 4. The van der Waals surface area contributed by atoms with Crippen LogP contribution >= 0.6 is 17.3 Å². The molecule has 2 aromatic heterocycles. The van der Waals surface area contributed by atoms with Crippen molar-refractivity contribution in [2.45, 2.75) is 27.7 Å². The molecule has 5 heterocycles. The molecule has 60 heavy (non-hydrogen) atoms. The van der Waals surface area contributed by atoms with Crippen molar-refractivity contribution in [1.82, 2.24) is 9.97 Å². The van der Waals surface area contributed by atoms with Crippen LogP contribution in [0.4, 0.5) is 0 Å². The fraction of sp³-hybridized carbons (Fsp3) is 0.120. The Hall–Kier alpha value is -5.46. The van der Waals surface area contributed by atoms with E-state index in [0.717, 1.165) is 112 Å². The van der Waals surface area contributed by atoms with E-state index in [0.29, 0.717) is 22.4 Å². The second-order valence-corrected chi connectivity index (χ2v) is 17.1. The first-order valence-electron chi connectivity index (χ1n) is 19.5. The molecule has 0 aliphatic carbocycles. The standard InChI is InChI=1S/C50H42N4O3P.ClH.Zn/c1-30-7-15-34(16-8-30)46-38-29-45(54-50(38)58(55,56-5)57-6)49(37-21-13-33(4)14-22-37)44-28-27-43(53-44)48(36-19-11-32(3)12-20-36)42-26-25-41(52-42)47(40-24-23-39(46)51-40)35-17-9-31(2)10-18-35;;/h7-29,54H,1-6H3;1H;/q-1;;+2/p-1. The summed E-state index contributed by atoms with van der Waals surface area (Å²) in [6.45, 7) is 8.30. The molecule has 6 aromatic rings. The van der Waals surface area contributed by atoms with E-state index in [1.165, 1.54) is 14.2 Å². The van der Waals surface area contributed by atoms with Crippen LogP contribution in [0.25, 0.3) is 22.3 Å². The summed E-state index contributed by atoms with van der Waals surface area (Å²) in [4.78, 5) is 19.7. The van der Waals surface area contributed by atoms with Crippen molar-refractivity contribution in [2.75, 3.05) is 14.2 Å². The van der Waals surface area contributed by atoms with Gasteiger partial charge < -0.3 is 19.0 Å². The van der Waals surface area contributed by atoms with Crippen molar-refractivity contribution >= 4 is 56.4 Å². The summed E-state index contributed by atoms with van der Waals surface area (Å²) in [6, 6.07) is 39.8. The molecule has 9 rings (SSSR count). The van der Waals surface area contributed by atoms with Crippen molar-refractivity contribution in [1.29, 1.82) is 0 Å². The van der Waals surface area contributed by atoms with Gasteiger partial charge in [-0.1, -0.05) is 131 Å². The van der Waals surface area contributed by atoms with Gasteiger partial charge in [0.25, 0.3) is 0 Å². The first kappa shape index (κ1) is 41.3. The average molecular weight is 879 g/mol. The number of aliphatic imine (C=N–C) groups is 2. The van der Waals surface area contributed by atoms with Crippen LogP contribution in [0, 0.1) is 27.7 Å². The molecule has 7 nitrogen and oxygen atoms in total. The number of fused-ring (bicyclic) bond motifs is 6. The van der Waals surface area contributed by atoms with Gasteiger partial charge in [-0.3, -0.25) is 4.57 Å². The van der Waals surface area contributed by atoms with Crippen LogP contribution in [0.5, 0.6) is 0 Å². The molecular formula is C50H42ClN4O3PZn. The molecule has 294 valence electrons. The van der Waals surface area contributed by atoms with Crippen molar-refractivity contribution in [2.24, 2.45) is 9.98 Å². The van der Waals surface area contributed by atoms with Gasteiger partial charge in [-0.15, -0.1) is 10.7 Å². The molecule has 0 unspecified atom stereocenters. The summed E-state index contributed by atoms with van der Waals surface area (Å²) in [7, 11) is 3.70. The number of hydrogen-bond acceptors (Lipinski definition) is 5. The molecule has 0 saturated heterocycles. The minimum atomic E-state index is -3.89. The third-order valence-corrected chi connectivity index (χ3v) is 12.8. The number of halogens is 1. The Bertz CT molecular complexity index is 2990. The number of aromatic amines is 1. The number of hydrogen-bond donors (Lipinski definition) is 1. The molecule has 0 fully saturated rings. The molecule has 0 atom stereocenters. The Morgan fingerprint density at radius 3 is 1.30 bits per heavy atom. The van der Waals surface area contributed by atoms with Gasteiger partial charge in [0.1, 0.15) is 5.44 Å². The van der Waals surface area contributed by atoms with E-state index in [2.05, 4.69) is 148 Å². The third-order valence-electron chi connectivity index (χ3n) is 10.9. The second kappa shape index (κ2) is 17.3. The fourth-order valence-electron chi connectivity index (χ4n) is 7.78. The van der Waals surface area contributed by atoms with Crippen molar-refractivity contribution in [3.05, 3.63) is 217 Å². The number of nitrogens with one attached hydrogen (secondary N) is 1. The van der Waals surface area contributed by atoms with Gasteiger partial charge in [0.05, 0.1) is 22.8 Å². The van der Waals surface area contributed by atoms with Gasteiger partial charge in [-0.25, -0.2) is 9.98 Å². The van der Waals surface area contributed by atoms with Crippen LogP contribution in [0.3, 0.4) is 0 Å². The molecule has 3 aliphatic rings. The predicted molar refractivity (Wildman–Crippen MR) is 242 cm³/mol. The zero-order valence-electron chi connectivity index (χ0n) is 34.4. The summed E-state index contributed by atoms with van der Waals surface area (Å²) in [5, 5.41) is 1.60. The van der Waals surface area contributed by atoms with E-state index in [-0.39, 0.29) is 0 Å². The van der Waals surface area contributed by atoms with Crippen LogP contribution in [0.2, 0.25) is 0 Å². The van der Waals surface area contributed by atoms with Gasteiger partial charge in [0.15, 0.2) is 0 Å². The van der Waals surface area contributed by atoms with Crippen molar-refractivity contribution in [3.63, 3.8) is 0 Å². The normalized spacial score (nSPS) is 14.8. The topological polar surface area (TPSA) is 90.1 Å². The van der Waals surface area contributed by atoms with Crippen LogP contribution < -0.4 is 21.1 Å². The number of nitrogens with zero attached hydrogens (tertiary/aromatic N) is 3. The molecule has 3 aliphatic heterocycles. The molecule has 8 bridgehead atoms. The maximum absolute atomic E-state index is 14.7. The molecule has 0 spiro atoms. The van der Waals surface area contributed by atoms with E-state index in [9.17, 15) is 4.57 Å². The number of H-pyrrole nitrogens is 1. The summed E-state index contributed by atoms with van der Waals surface area (Å²) in [5.74, 6) is 0. The van der Waals surface area contributed by atoms with Gasteiger partial charge in [-0.2, -0.15) is 0 Å². The Morgan fingerprint density at radius 2 is 0.900 bits per heavy atom. The molecule has 0 radical (unpaired) electrons. The summed E-state index contributed by atoms with van der Waals surface area (Å²) >= 11 is 0.847. The van der Waals surface area contributed by atoms with E-state index < -0.39 is 7.60 Å². The first-order chi connectivity index (χ1) is 29.1. The number of benzene rings is 4. The molecular weight excluding hydrogens is 836 g/mol. The van der Waals surface area contributed by atoms with E-state index in [4.69, 9.17) is 33.7 Å². The van der Waals surface area contributed by atoms with Gasteiger partial charge in [-0.05, 0) is 91.5 Å². The van der Waals surface area contributed by atoms with Gasteiger partial charge >= 0.3 is 34.6 Å². The first-order valence-corrected chi connectivity index (χ1v) is 25.0. The van der Waals surface area contributed by atoms with Crippen LogP contribution in [-0.2, 0) is 30.9 Å². The summed E-state index contributed by atoms with van der Waals surface area (Å²) in [6.07, 6.45) is 8.18. The van der Waals surface area contributed by atoms with E-state index >= 15 is 0 Å². The molecule has 0 saturated carbocycles. The Morgan fingerprint density at radius 1 is 0.533 bits per heavy atom. The predicted octanol–water partition coefficient (Wildman–Crippen LogP) is 9.66. The quantitative estimate of drug-likeness (QED) is 0.128. The maximum atomic E-state index is 14.7. The van der Waals surface area contributed by atoms with Crippen LogP contribution in [0.15, 0.2) is 161 Å². The zero-order valence-corrected chi connectivity index (χ0v) is 39.0. The monoisotopic (exact) mass is 876 g/mol. The van der Waals surface area contributed by atoms with Crippen molar-refractivity contribution < 1.29 is 30.9 Å². The average Bonchev–Trinajstić information content (AvgIpc) is 4.11. The molecule has 10 heteroatoms. The number of aryl methyl sites for hydroxylation is 4. The Labute approximate surface area is 364 Å². The molecule has 4 aromatic carbocycles. The van der Waals surface area contributed by atoms with Crippen molar-refractivity contribution in [3.8, 4) is 0 Å². The van der Waals surface area contributed by atoms with Gasteiger partial charge in [0.2, 0.25) is 0 Å².